The van der Waals surface area contributed by atoms with Gasteiger partial charge >= 0.3 is 5.92 Å². The lowest BCUT2D eigenvalue weighted by Gasteiger charge is -2.09. The van der Waals surface area contributed by atoms with Crippen LogP contribution in [0.15, 0.2) is 29.1 Å². The van der Waals surface area contributed by atoms with Crippen LogP contribution in [0.3, 0.4) is 0 Å². The molecular weight excluding hydrogens is 372 g/mol. The minimum absolute atomic E-state index is 0.0381. The number of nitrogens with zero attached hydrogens (tertiary/aromatic N) is 1. The minimum atomic E-state index is -3.41. The predicted octanol–water partition coefficient (Wildman–Crippen LogP) is 4.13. The molecule has 0 saturated heterocycles. The van der Waals surface area contributed by atoms with E-state index in [0.29, 0.717) is 30.0 Å². The Morgan fingerprint density at radius 2 is 2.24 bits per heavy atom. The third kappa shape index (κ3) is 4.26. The van der Waals surface area contributed by atoms with Gasteiger partial charge in [0.1, 0.15) is 12.4 Å². The summed E-state index contributed by atoms with van der Waals surface area (Å²) in [7, 11) is 0. The molecule has 1 aromatic carbocycles. The van der Waals surface area contributed by atoms with Crippen LogP contribution in [-0.4, -0.2) is 21.8 Å². The summed E-state index contributed by atoms with van der Waals surface area (Å²) in [5.41, 5.74) is 3.83. The number of carbonyl (C=O) groups is 1. The monoisotopic (exact) mass is 385 g/mol. The summed E-state index contributed by atoms with van der Waals surface area (Å²) >= 11 is 7.69. The zero-order valence-corrected chi connectivity index (χ0v) is 14.7. The number of nitrogens with one attached hydrogen (secondary N) is 2. The molecule has 5 nitrogen and oxygen atoms in total. The molecule has 0 unspecified atom stereocenters. The SMILES string of the molecule is CC(F)(F)C(=O)NCc1cc2cc(Cl)c(OCc3cscn3)cc2[nH]1. The number of rotatable bonds is 6. The fourth-order valence-corrected chi connectivity index (χ4v) is 2.96. The highest BCUT2D eigenvalue weighted by atomic mass is 35.5. The maximum atomic E-state index is 12.9. The largest absolute Gasteiger partial charge is 0.486 e. The van der Waals surface area contributed by atoms with Gasteiger partial charge < -0.3 is 15.0 Å². The smallest absolute Gasteiger partial charge is 0.321 e. The van der Waals surface area contributed by atoms with Crippen LogP contribution >= 0.6 is 22.9 Å². The van der Waals surface area contributed by atoms with Gasteiger partial charge in [-0.2, -0.15) is 8.78 Å². The van der Waals surface area contributed by atoms with Crippen molar-refractivity contribution in [2.24, 2.45) is 0 Å². The quantitative estimate of drug-likeness (QED) is 0.670. The van der Waals surface area contributed by atoms with E-state index in [2.05, 4.69) is 15.3 Å². The summed E-state index contributed by atoms with van der Waals surface area (Å²) in [5, 5.41) is 5.28. The first-order valence-electron chi connectivity index (χ1n) is 7.30. The lowest BCUT2D eigenvalue weighted by molar-refractivity contribution is -0.143. The second-order valence-electron chi connectivity index (χ2n) is 5.50. The van der Waals surface area contributed by atoms with E-state index in [0.717, 1.165) is 16.6 Å². The summed E-state index contributed by atoms with van der Waals surface area (Å²) in [6.07, 6.45) is 0. The molecule has 3 aromatic rings. The number of ether oxygens (including phenoxy) is 1. The van der Waals surface area contributed by atoms with Gasteiger partial charge in [0.2, 0.25) is 0 Å². The number of aromatic amines is 1. The van der Waals surface area contributed by atoms with Crippen LogP contribution in [0, 0.1) is 0 Å². The van der Waals surface area contributed by atoms with E-state index in [9.17, 15) is 13.6 Å². The number of benzene rings is 1. The van der Waals surface area contributed by atoms with E-state index < -0.39 is 11.8 Å². The summed E-state index contributed by atoms with van der Waals surface area (Å²) in [6.45, 7) is 0.812. The van der Waals surface area contributed by atoms with Gasteiger partial charge in [0.25, 0.3) is 5.91 Å². The molecule has 0 aliphatic heterocycles. The van der Waals surface area contributed by atoms with Crippen LogP contribution in [-0.2, 0) is 17.9 Å². The molecule has 0 fully saturated rings. The molecule has 0 saturated carbocycles. The van der Waals surface area contributed by atoms with E-state index in [4.69, 9.17) is 16.3 Å². The van der Waals surface area contributed by atoms with Gasteiger partial charge in [-0.1, -0.05) is 11.6 Å². The van der Waals surface area contributed by atoms with E-state index >= 15 is 0 Å². The zero-order chi connectivity index (χ0) is 18.0. The van der Waals surface area contributed by atoms with Crippen LogP contribution in [0.1, 0.15) is 18.3 Å². The zero-order valence-electron chi connectivity index (χ0n) is 13.1. The molecule has 0 atom stereocenters. The number of fused-ring (bicyclic) bond motifs is 1. The van der Waals surface area contributed by atoms with E-state index in [-0.39, 0.29) is 6.54 Å². The Kier molecular flexibility index (Phi) is 4.91. The Balaban J connectivity index is 1.73. The molecule has 2 heterocycles. The van der Waals surface area contributed by atoms with Gasteiger partial charge in [-0.05, 0) is 12.1 Å². The van der Waals surface area contributed by atoms with Crippen LogP contribution in [0.4, 0.5) is 8.78 Å². The minimum Gasteiger partial charge on any atom is -0.486 e. The summed E-state index contributed by atoms with van der Waals surface area (Å²) in [4.78, 5) is 18.4. The molecule has 2 aromatic heterocycles. The Labute approximate surface area is 151 Å². The molecule has 0 aliphatic carbocycles. The average Bonchev–Trinajstić information content (AvgIpc) is 3.18. The number of carbonyl (C=O) groups excluding carboxylic acids is 1. The number of H-pyrrole nitrogens is 1. The number of thiazole rings is 1. The Morgan fingerprint density at radius 3 is 2.92 bits per heavy atom. The van der Waals surface area contributed by atoms with Gasteiger partial charge in [-0.3, -0.25) is 4.79 Å². The number of amides is 1. The number of halogens is 3. The van der Waals surface area contributed by atoms with E-state index in [1.165, 1.54) is 11.3 Å². The molecular formula is C16H14ClF2N3O2S. The first kappa shape index (κ1) is 17.6. The Morgan fingerprint density at radius 1 is 1.44 bits per heavy atom. The molecule has 0 radical (unpaired) electrons. The molecule has 9 heteroatoms. The standard InChI is InChI=1S/C16H14ClF2N3O2S/c1-16(18,19)15(23)20-5-10-2-9-3-12(17)14(4-13(9)22-10)24-6-11-7-25-8-21-11/h2-4,7-8,22H,5-6H2,1H3,(H,20,23). The van der Waals surface area contributed by atoms with Crippen molar-refractivity contribution in [3.05, 3.63) is 45.5 Å². The van der Waals surface area contributed by atoms with Crippen molar-refractivity contribution in [1.82, 2.24) is 15.3 Å². The number of hydrogen-bond donors (Lipinski definition) is 2. The molecule has 0 spiro atoms. The van der Waals surface area contributed by atoms with E-state index in [1.807, 2.05) is 5.38 Å². The fourth-order valence-electron chi connectivity index (χ4n) is 2.19. The highest BCUT2D eigenvalue weighted by Crippen LogP contribution is 2.31. The van der Waals surface area contributed by atoms with Gasteiger partial charge in [0, 0.05) is 35.0 Å². The second kappa shape index (κ2) is 6.97. The number of aromatic nitrogens is 2. The molecule has 2 N–H and O–H groups in total. The van der Waals surface area contributed by atoms with Gasteiger partial charge in [0.05, 0.1) is 22.8 Å². The first-order valence-corrected chi connectivity index (χ1v) is 8.62. The molecule has 0 bridgehead atoms. The molecule has 1 amide bonds. The van der Waals surface area contributed by atoms with Crippen molar-refractivity contribution >= 4 is 39.7 Å². The highest BCUT2D eigenvalue weighted by Gasteiger charge is 2.31. The predicted molar refractivity (Wildman–Crippen MR) is 92.2 cm³/mol. The van der Waals surface area contributed by atoms with Crippen molar-refractivity contribution in [3.8, 4) is 5.75 Å². The normalized spacial score (nSPS) is 11.7. The lowest BCUT2D eigenvalue weighted by atomic mass is 10.2. The van der Waals surface area contributed by atoms with Gasteiger partial charge in [0.15, 0.2) is 0 Å². The van der Waals surface area contributed by atoms with Crippen molar-refractivity contribution < 1.29 is 18.3 Å². The van der Waals surface area contributed by atoms with Crippen molar-refractivity contribution in [3.63, 3.8) is 0 Å². The van der Waals surface area contributed by atoms with Crippen LogP contribution in [0.5, 0.6) is 5.75 Å². The fraction of sp³-hybridized carbons (Fsp3) is 0.250. The molecule has 0 aliphatic rings. The average molecular weight is 386 g/mol. The van der Waals surface area contributed by atoms with Crippen LogP contribution in [0.2, 0.25) is 5.02 Å². The van der Waals surface area contributed by atoms with Crippen molar-refractivity contribution in [2.45, 2.75) is 26.0 Å². The van der Waals surface area contributed by atoms with Crippen molar-refractivity contribution in [2.75, 3.05) is 0 Å². The summed E-state index contributed by atoms with van der Waals surface area (Å²) in [5.74, 6) is -4.25. The lowest BCUT2D eigenvalue weighted by Crippen LogP contribution is -2.37. The van der Waals surface area contributed by atoms with Crippen molar-refractivity contribution in [1.29, 1.82) is 0 Å². The summed E-state index contributed by atoms with van der Waals surface area (Å²) < 4.78 is 31.4. The van der Waals surface area contributed by atoms with Crippen LogP contribution < -0.4 is 10.1 Å². The third-order valence-corrected chi connectivity index (χ3v) is 4.36. The molecule has 3 rings (SSSR count). The molecule has 25 heavy (non-hydrogen) atoms. The number of alkyl halides is 2. The maximum absolute atomic E-state index is 12.9. The topological polar surface area (TPSA) is 67.0 Å². The molecule has 132 valence electrons. The van der Waals surface area contributed by atoms with Gasteiger partial charge in [-0.25, -0.2) is 4.98 Å². The highest BCUT2D eigenvalue weighted by molar-refractivity contribution is 7.07. The second-order valence-corrected chi connectivity index (χ2v) is 6.63. The summed E-state index contributed by atoms with van der Waals surface area (Å²) in [6, 6.07) is 5.17. The Hall–Kier alpha value is -2.19. The Bertz CT molecular complexity index is 891. The first-order chi connectivity index (χ1) is 11.8. The number of hydrogen-bond acceptors (Lipinski definition) is 4. The van der Waals surface area contributed by atoms with E-state index in [1.54, 1.807) is 23.7 Å². The third-order valence-electron chi connectivity index (χ3n) is 3.43. The van der Waals surface area contributed by atoms with Gasteiger partial charge in [-0.15, -0.1) is 11.3 Å². The maximum Gasteiger partial charge on any atom is 0.321 e. The van der Waals surface area contributed by atoms with Crippen LogP contribution in [0.25, 0.3) is 10.9 Å².